The minimum atomic E-state index is -0.457. The van der Waals surface area contributed by atoms with Crippen LogP contribution < -0.4 is 4.90 Å². The molecule has 0 N–H and O–H groups in total. The Morgan fingerprint density at radius 1 is 1.38 bits per heavy atom. The molecule has 1 aromatic rings. The van der Waals surface area contributed by atoms with Gasteiger partial charge in [-0.25, -0.2) is 8.78 Å². The summed E-state index contributed by atoms with van der Waals surface area (Å²) in [5, 5.41) is 0. The topological polar surface area (TPSA) is 20.3 Å². The molecule has 1 fully saturated rings. The third kappa shape index (κ3) is 2.05. The molecular weight excluding hydrogens is 212 g/mol. The van der Waals surface area contributed by atoms with Gasteiger partial charge < -0.3 is 4.90 Å². The van der Waals surface area contributed by atoms with Crippen molar-refractivity contribution in [2.24, 2.45) is 5.92 Å². The molecule has 16 heavy (non-hydrogen) atoms. The number of nitrogens with zero attached hydrogens (tertiary/aromatic N) is 1. The van der Waals surface area contributed by atoms with Gasteiger partial charge in [0.15, 0.2) is 0 Å². The van der Waals surface area contributed by atoms with Crippen molar-refractivity contribution in [2.75, 3.05) is 18.0 Å². The normalized spacial score (nSPS) is 21.3. The zero-order valence-electron chi connectivity index (χ0n) is 9.04. The summed E-state index contributed by atoms with van der Waals surface area (Å²) in [6, 6.07) is 3.39. The minimum absolute atomic E-state index is 0.114. The smallest absolute Gasteiger partial charge is 0.146 e. The average molecular weight is 225 g/mol. The molecular formula is C12H13F2NO. The second kappa shape index (κ2) is 4.20. The molecule has 1 atom stereocenters. The van der Waals surface area contributed by atoms with Gasteiger partial charge >= 0.3 is 0 Å². The number of rotatable bonds is 1. The minimum Gasteiger partial charge on any atom is -0.368 e. The number of Topliss-reactive ketones (excluding diaryl/α,β-unsaturated/α-hetero) is 1. The van der Waals surface area contributed by atoms with Crippen LogP contribution in [0, 0.1) is 17.6 Å². The summed E-state index contributed by atoms with van der Waals surface area (Å²) in [5.41, 5.74) is 0.249. The lowest BCUT2D eigenvalue weighted by Gasteiger charge is -2.32. The zero-order valence-corrected chi connectivity index (χ0v) is 9.04. The number of anilines is 1. The van der Waals surface area contributed by atoms with Crippen molar-refractivity contribution in [3.8, 4) is 0 Å². The number of carbonyl (C=O) groups excluding carboxylic acids is 1. The van der Waals surface area contributed by atoms with Crippen molar-refractivity contribution in [1.29, 1.82) is 0 Å². The van der Waals surface area contributed by atoms with Crippen LogP contribution >= 0.6 is 0 Å². The summed E-state index contributed by atoms with van der Waals surface area (Å²) < 4.78 is 26.5. The molecule has 1 aliphatic heterocycles. The molecule has 1 unspecified atom stereocenters. The number of carbonyl (C=O) groups is 1. The van der Waals surface area contributed by atoms with Gasteiger partial charge in [0.25, 0.3) is 0 Å². The highest BCUT2D eigenvalue weighted by Gasteiger charge is 2.25. The fourth-order valence-electron chi connectivity index (χ4n) is 1.96. The van der Waals surface area contributed by atoms with E-state index in [0.29, 0.717) is 19.5 Å². The molecule has 0 aromatic heterocycles. The lowest BCUT2D eigenvalue weighted by atomic mass is 9.98. The second-order valence-electron chi connectivity index (χ2n) is 4.16. The van der Waals surface area contributed by atoms with E-state index in [-0.39, 0.29) is 17.4 Å². The monoisotopic (exact) mass is 225 g/mol. The lowest BCUT2D eigenvalue weighted by Crippen LogP contribution is -2.40. The molecule has 2 nitrogen and oxygen atoms in total. The van der Waals surface area contributed by atoms with Gasteiger partial charge in [0.2, 0.25) is 0 Å². The highest BCUT2D eigenvalue weighted by atomic mass is 19.1. The van der Waals surface area contributed by atoms with E-state index in [0.717, 1.165) is 12.1 Å². The van der Waals surface area contributed by atoms with E-state index in [4.69, 9.17) is 0 Å². The number of hydrogen-bond donors (Lipinski definition) is 0. The van der Waals surface area contributed by atoms with Crippen molar-refractivity contribution in [3.63, 3.8) is 0 Å². The molecule has 0 aliphatic carbocycles. The maximum atomic E-state index is 13.5. The predicted molar refractivity (Wildman–Crippen MR) is 57.4 cm³/mol. The maximum absolute atomic E-state index is 13.5. The predicted octanol–water partition coefficient (Wildman–Crippen LogP) is 2.38. The second-order valence-corrected chi connectivity index (χ2v) is 4.16. The molecule has 1 aliphatic rings. The Labute approximate surface area is 92.9 Å². The van der Waals surface area contributed by atoms with Crippen LogP contribution in [0.5, 0.6) is 0 Å². The van der Waals surface area contributed by atoms with Gasteiger partial charge in [-0.05, 0) is 12.1 Å². The van der Waals surface area contributed by atoms with Crippen LogP contribution in [0.15, 0.2) is 18.2 Å². The Balaban J connectivity index is 2.24. The average Bonchev–Trinajstić information content (AvgIpc) is 2.26. The Morgan fingerprint density at radius 3 is 2.81 bits per heavy atom. The van der Waals surface area contributed by atoms with E-state index in [2.05, 4.69) is 0 Å². The first-order valence-corrected chi connectivity index (χ1v) is 5.30. The number of benzene rings is 1. The Kier molecular flexibility index (Phi) is 2.90. The molecule has 0 amide bonds. The van der Waals surface area contributed by atoms with Gasteiger partial charge in [0, 0.05) is 31.5 Å². The van der Waals surface area contributed by atoms with Crippen LogP contribution in [0.1, 0.15) is 13.3 Å². The van der Waals surface area contributed by atoms with Crippen molar-refractivity contribution in [1.82, 2.24) is 0 Å². The molecule has 0 saturated carbocycles. The van der Waals surface area contributed by atoms with Gasteiger partial charge in [0.1, 0.15) is 17.4 Å². The molecule has 86 valence electrons. The molecule has 2 rings (SSSR count). The molecule has 4 heteroatoms. The first-order chi connectivity index (χ1) is 7.58. The Morgan fingerprint density at radius 2 is 2.12 bits per heavy atom. The lowest BCUT2D eigenvalue weighted by molar-refractivity contribution is -0.122. The van der Waals surface area contributed by atoms with Gasteiger partial charge in [-0.2, -0.15) is 0 Å². The number of halogens is 2. The Bertz CT molecular complexity index is 419. The van der Waals surface area contributed by atoms with Crippen LogP contribution in [0.25, 0.3) is 0 Å². The Hall–Kier alpha value is -1.45. The summed E-state index contributed by atoms with van der Waals surface area (Å²) >= 11 is 0. The standard InChI is InChI=1S/C12H13F2NO/c1-8-7-15(5-4-12(8)16)11-6-9(13)2-3-10(11)14/h2-3,6,8H,4-5,7H2,1H3. The SMILES string of the molecule is CC1CN(c2cc(F)ccc2F)CCC1=O. The molecule has 1 aromatic carbocycles. The summed E-state index contributed by atoms with van der Waals surface area (Å²) in [7, 11) is 0. The summed E-state index contributed by atoms with van der Waals surface area (Å²) in [4.78, 5) is 13.1. The van der Waals surface area contributed by atoms with Gasteiger partial charge in [0.05, 0.1) is 5.69 Å². The maximum Gasteiger partial charge on any atom is 0.146 e. The molecule has 0 bridgehead atoms. The first-order valence-electron chi connectivity index (χ1n) is 5.30. The van der Waals surface area contributed by atoms with Gasteiger partial charge in [-0.1, -0.05) is 6.92 Å². The van der Waals surface area contributed by atoms with E-state index in [1.165, 1.54) is 6.07 Å². The summed E-state index contributed by atoms with van der Waals surface area (Å²) in [6.07, 6.45) is 0.400. The number of hydrogen-bond acceptors (Lipinski definition) is 2. The third-order valence-electron chi connectivity index (χ3n) is 2.92. The van der Waals surface area contributed by atoms with Crippen LogP contribution in [-0.2, 0) is 4.79 Å². The quantitative estimate of drug-likeness (QED) is 0.731. The highest BCUT2D eigenvalue weighted by molar-refractivity contribution is 5.83. The van der Waals surface area contributed by atoms with E-state index >= 15 is 0 Å². The first kappa shape index (κ1) is 11.0. The van der Waals surface area contributed by atoms with Crippen LogP contribution in [0.3, 0.4) is 0 Å². The third-order valence-corrected chi connectivity index (χ3v) is 2.92. The van der Waals surface area contributed by atoms with E-state index in [1.54, 1.807) is 4.90 Å². The van der Waals surface area contributed by atoms with E-state index < -0.39 is 11.6 Å². The zero-order chi connectivity index (χ0) is 11.7. The van der Waals surface area contributed by atoms with Crippen molar-refractivity contribution in [2.45, 2.75) is 13.3 Å². The van der Waals surface area contributed by atoms with Gasteiger partial charge in [-0.3, -0.25) is 4.79 Å². The molecule has 0 spiro atoms. The van der Waals surface area contributed by atoms with Crippen LogP contribution in [0.2, 0.25) is 0 Å². The highest BCUT2D eigenvalue weighted by Crippen LogP contribution is 2.24. The molecule has 1 saturated heterocycles. The van der Waals surface area contributed by atoms with Crippen molar-refractivity contribution < 1.29 is 13.6 Å². The fourth-order valence-corrected chi connectivity index (χ4v) is 1.96. The van der Waals surface area contributed by atoms with E-state index in [9.17, 15) is 13.6 Å². The summed E-state index contributed by atoms with van der Waals surface area (Å²) in [5.74, 6) is -0.826. The van der Waals surface area contributed by atoms with Crippen molar-refractivity contribution in [3.05, 3.63) is 29.8 Å². The van der Waals surface area contributed by atoms with Gasteiger partial charge in [-0.15, -0.1) is 0 Å². The fraction of sp³-hybridized carbons (Fsp3) is 0.417. The largest absolute Gasteiger partial charge is 0.368 e. The summed E-state index contributed by atoms with van der Waals surface area (Å²) in [6.45, 7) is 2.73. The van der Waals surface area contributed by atoms with Crippen LogP contribution in [0.4, 0.5) is 14.5 Å². The number of piperidine rings is 1. The molecule has 0 radical (unpaired) electrons. The van der Waals surface area contributed by atoms with Crippen LogP contribution in [-0.4, -0.2) is 18.9 Å². The van der Waals surface area contributed by atoms with Crippen molar-refractivity contribution >= 4 is 11.5 Å². The molecule has 1 heterocycles. The number of ketones is 1. The van der Waals surface area contributed by atoms with E-state index in [1.807, 2.05) is 6.92 Å².